The lowest BCUT2D eigenvalue weighted by molar-refractivity contribution is 1.22. The van der Waals surface area contributed by atoms with Gasteiger partial charge >= 0.3 is 0 Å². The van der Waals surface area contributed by atoms with Gasteiger partial charge in [0.05, 0.1) is 5.71 Å². The molecule has 0 aliphatic heterocycles. The molecule has 2 rings (SSSR count). The molecule has 28 heavy (non-hydrogen) atoms. The summed E-state index contributed by atoms with van der Waals surface area (Å²) in [6, 6.07) is 14.6. The Morgan fingerprint density at radius 1 is 1.00 bits per heavy atom. The van der Waals surface area contributed by atoms with Crippen LogP contribution in [0.2, 0.25) is 0 Å². The van der Waals surface area contributed by atoms with Crippen LogP contribution >= 0.6 is 0 Å². The van der Waals surface area contributed by atoms with Gasteiger partial charge in [0.25, 0.3) is 0 Å². The third-order valence-corrected chi connectivity index (χ3v) is 5.28. The number of rotatable bonds is 7. The molecule has 0 spiro atoms. The zero-order chi connectivity index (χ0) is 20.7. The van der Waals surface area contributed by atoms with E-state index in [1.807, 2.05) is 32.2 Å². The van der Waals surface area contributed by atoms with Gasteiger partial charge in [-0.2, -0.15) is 0 Å². The predicted octanol–water partition coefficient (Wildman–Crippen LogP) is 7.23. The lowest BCUT2D eigenvalue weighted by Crippen LogP contribution is -2.11. The standard InChI is InChI=1S/C26H32N2/c1-7-22(26(27)25-19(4)15-14-18(3)21(25)6)16-20(5)28-17-23(8-2)24-12-10-9-11-13-24/h7,9-15,17,27H,8,16H2,1-6H3/b22-7+,23-17+,27-26?,28-20-. The van der Waals surface area contributed by atoms with Crippen LogP contribution in [0.5, 0.6) is 0 Å². The second-order valence-electron chi connectivity index (χ2n) is 7.30. The van der Waals surface area contributed by atoms with Crippen molar-refractivity contribution >= 4 is 17.0 Å². The Kier molecular flexibility index (Phi) is 7.69. The first kappa shape index (κ1) is 21.6. The van der Waals surface area contributed by atoms with Gasteiger partial charge in [0, 0.05) is 23.9 Å². The van der Waals surface area contributed by atoms with Gasteiger partial charge in [-0.25, -0.2) is 0 Å². The molecule has 0 aromatic heterocycles. The van der Waals surface area contributed by atoms with Crippen LogP contribution < -0.4 is 0 Å². The Morgan fingerprint density at radius 2 is 1.64 bits per heavy atom. The number of hydrogen-bond donors (Lipinski definition) is 1. The summed E-state index contributed by atoms with van der Waals surface area (Å²) in [4.78, 5) is 4.72. The van der Waals surface area contributed by atoms with Crippen molar-refractivity contribution in [3.63, 3.8) is 0 Å². The highest BCUT2D eigenvalue weighted by Crippen LogP contribution is 2.23. The van der Waals surface area contributed by atoms with Gasteiger partial charge in [0.1, 0.15) is 0 Å². The van der Waals surface area contributed by atoms with Crippen molar-refractivity contribution in [1.29, 1.82) is 5.41 Å². The zero-order valence-electron chi connectivity index (χ0n) is 18.1. The van der Waals surface area contributed by atoms with Gasteiger partial charge in [0.2, 0.25) is 0 Å². The number of nitrogens with zero attached hydrogens (tertiary/aromatic N) is 1. The molecule has 2 aromatic carbocycles. The maximum absolute atomic E-state index is 8.81. The minimum atomic E-state index is 0.610. The van der Waals surface area contributed by atoms with E-state index in [-0.39, 0.29) is 0 Å². The minimum absolute atomic E-state index is 0.610. The van der Waals surface area contributed by atoms with E-state index >= 15 is 0 Å². The third kappa shape index (κ3) is 5.16. The normalized spacial score (nSPS) is 13.0. The number of benzene rings is 2. The molecule has 0 atom stereocenters. The first-order chi connectivity index (χ1) is 13.4. The van der Waals surface area contributed by atoms with Crippen LogP contribution in [0.15, 0.2) is 65.3 Å². The van der Waals surface area contributed by atoms with Crippen molar-refractivity contribution in [1.82, 2.24) is 0 Å². The number of hydrogen-bond acceptors (Lipinski definition) is 2. The van der Waals surface area contributed by atoms with Crippen molar-refractivity contribution in [2.75, 3.05) is 0 Å². The SMILES string of the molecule is C/C=C(\C/C(C)=N\C=C(/CC)c1ccccc1)C(=N)c1c(C)ccc(C)c1C. The monoisotopic (exact) mass is 372 g/mol. The molecule has 0 fully saturated rings. The van der Waals surface area contributed by atoms with Gasteiger partial charge in [0.15, 0.2) is 0 Å². The van der Waals surface area contributed by atoms with Crippen LogP contribution in [0.1, 0.15) is 61.4 Å². The lowest BCUT2D eigenvalue weighted by atomic mass is 9.89. The van der Waals surface area contributed by atoms with Gasteiger partial charge in [-0.1, -0.05) is 55.5 Å². The Hall–Kier alpha value is -2.74. The lowest BCUT2D eigenvalue weighted by Gasteiger charge is -2.16. The fourth-order valence-corrected chi connectivity index (χ4v) is 3.36. The fraction of sp³-hybridized carbons (Fsp3) is 0.308. The molecule has 1 N–H and O–H groups in total. The molecule has 0 saturated heterocycles. The van der Waals surface area contributed by atoms with Crippen molar-refractivity contribution in [3.8, 4) is 0 Å². The molecule has 2 aromatic rings. The molecule has 2 heteroatoms. The molecular weight excluding hydrogens is 340 g/mol. The Balaban J connectivity index is 2.25. The predicted molar refractivity (Wildman–Crippen MR) is 124 cm³/mol. The average molecular weight is 373 g/mol. The molecule has 0 aliphatic carbocycles. The van der Waals surface area contributed by atoms with Gasteiger partial charge in [-0.05, 0) is 74.4 Å². The smallest absolute Gasteiger partial charge is 0.0650 e. The summed E-state index contributed by atoms with van der Waals surface area (Å²) in [6.07, 6.45) is 5.65. The van der Waals surface area contributed by atoms with Crippen LogP contribution in [0.25, 0.3) is 5.57 Å². The molecule has 0 heterocycles. The van der Waals surface area contributed by atoms with Crippen molar-refractivity contribution in [2.45, 2.75) is 54.4 Å². The second kappa shape index (κ2) is 9.98. The summed E-state index contributed by atoms with van der Waals surface area (Å²) in [5, 5.41) is 8.81. The van der Waals surface area contributed by atoms with E-state index in [0.717, 1.165) is 28.8 Å². The quantitative estimate of drug-likeness (QED) is 0.498. The van der Waals surface area contributed by atoms with Crippen molar-refractivity contribution in [3.05, 3.63) is 88.1 Å². The van der Waals surface area contributed by atoms with Gasteiger partial charge in [-0.15, -0.1) is 0 Å². The molecule has 0 saturated carbocycles. The fourth-order valence-electron chi connectivity index (χ4n) is 3.36. The Labute approximate surface area is 170 Å². The first-order valence-electron chi connectivity index (χ1n) is 9.98. The summed E-state index contributed by atoms with van der Waals surface area (Å²) in [5.74, 6) is 0. The highest BCUT2D eigenvalue weighted by molar-refractivity contribution is 6.14. The number of allylic oxidation sites excluding steroid dienone is 3. The number of nitrogens with one attached hydrogen (secondary N) is 1. The Bertz CT molecular complexity index is 928. The van der Waals surface area contributed by atoms with Crippen LogP contribution in [0.3, 0.4) is 0 Å². The highest BCUT2D eigenvalue weighted by Gasteiger charge is 2.14. The summed E-state index contributed by atoms with van der Waals surface area (Å²) >= 11 is 0. The van der Waals surface area contributed by atoms with Gasteiger partial charge < -0.3 is 0 Å². The van der Waals surface area contributed by atoms with E-state index in [4.69, 9.17) is 10.4 Å². The molecule has 0 aliphatic rings. The molecule has 2 nitrogen and oxygen atoms in total. The van der Waals surface area contributed by atoms with E-state index < -0.39 is 0 Å². The number of aryl methyl sites for hydroxylation is 2. The van der Waals surface area contributed by atoms with Gasteiger partial charge in [-0.3, -0.25) is 10.4 Å². The summed E-state index contributed by atoms with van der Waals surface area (Å²) in [5.41, 5.74) is 9.70. The molecule has 0 unspecified atom stereocenters. The van der Waals surface area contributed by atoms with E-state index in [2.05, 4.69) is 64.1 Å². The maximum Gasteiger partial charge on any atom is 0.0650 e. The largest absolute Gasteiger partial charge is 0.300 e. The van der Waals surface area contributed by atoms with Crippen molar-refractivity contribution in [2.24, 2.45) is 4.99 Å². The number of aliphatic imine (C=N–C) groups is 1. The topological polar surface area (TPSA) is 36.2 Å². The summed E-state index contributed by atoms with van der Waals surface area (Å²) < 4.78 is 0. The molecule has 0 bridgehead atoms. The molecule has 146 valence electrons. The zero-order valence-corrected chi connectivity index (χ0v) is 18.1. The van der Waals surface area contributed by atoms with Crippen LogP contribution in [-0.2, 0) is 0 Å². The van der Waals surface area contributed by atoms with Crippen LogP contribution in [-0.4, -0.2) is 11.4 Å². The highest BCUT2D eigenvalue weighted by atomic mass is 14.7. The second-order valence-corrected chi connectivity index (χ2v) is 7.30. The van der Waals surface area contributed by atoms with E-state index in [9.17, 15) is 0 Å². The Morgan fingerprint density at radius 3 is 2.25 bits per heavy atom. The van der Waals surface area contributed by atoms with Crippen LogP contribution in [0.4, 0.5) is 0 Å². The summed E-state index contributed by atoms with van der Waals surface area (Å²) in [7, 11) is 0. The van der Waals surface area contributed by atoms with Crippen molar-refractivity contribution < 1.29 is 0 Å². The first-order valence-corrected chi connectivity index (χ1v) is 9.98. The summed E-state index contributed by atoms with van der Waals surface area (Å²) in [6.45, 7) is 12.5. The molecular formula is C26H32N2. The average Bonchev–Trinajstić information content (AvgIpc) is 2.70. The van der Waals surface area contributed by atoms with E-state index in [1.54, 1.807) is 0 Å². The van der Waals surface area contributed by atoms with E-state index in [0.29, 0.717) is 12.1 Å². The molecule has 0 radical (unpaired) electrons. The van der Waals surface area contributed by atoms with E-state index in [1.165, 1.54) is 22.3 Å². The van der Waals surface area contributed by atoms with Crippen LogP contribution in [0, 0.1) is 26.2 Å². The third-order valence-electron chi connectivity index (χ3n) is 5.28. The maximum atomic E-state index is 8.81. The molecule has 0 amide bonds. The minimum Gasteiger partial charge on any atom is -0.300 e.